The largest absolute Gasteiger partial charge is 0.493 e. The number of carbonyl (C=O) groups excluding carboxylic acids is 3. The molecule has 0 aromatic heterocycles. The van der Waals surface area contributed by atoms with Gasteiger partial charge in [0.25, 0.3) is 5.91 Å². The van der Waals surface area contributed by atoms with Crippen molar-refractivity contribution in [2.45, 2.75) is 20.5 Å². The number of hydrogen-bond acceptors (Lipinski definition) is 6. The molecule has 2 rings (SSSR count). The number of nitrogens with zero attached hydrogens (tertiary/aromatic N) is 1. The number of alkyl halides is 2. The summed E-state index contributed by atoms with van der Waals surface area (Å²) in [5, 5.41) is 2.78. The number of benzene rings is 2. The summed E-state index contributed by atoms with van der Waals surface area (Å²) in [5.74, 6) is -1.82. The van der Waals surface area contributed by atoms with E-state index in [0.717, 1.165) is 22.1 Å². The van der Waals surface area contributed by atoms with Gasteiger partial charge in [-0.05, 0) is 48.7 Å². The fraction of sp³-hybridized carbons (Fsp3) is 0.292. The second kappa shape index (κ2) is 12.3. The first kappa shape index (κ1) is 26.3. The molecule has 0 saturated carbocycles. The Hall–Kier alpha value is -3.95. The second-order valence-corrected chi connectivity index (χ2v) is 7.29. The maximum Gasteiger partial charge on any atom is 0.387 e. The highest BCUT2D eigenvalue weighted by atomic mass is 19.3. The van der Waals surface area contributed by atoms with Crippen molar-refractivity contribution in [2.75, 3.05) is 32.6 Å². The lowest BCUT2D eigenvalue weighted by Crippen LogP contribution is -2.37. The highest BCUT2D eigenvalue weighted by molar-refractivity contribution is 5.96. The molecule has 0 radical (unpaired) electrons. The van der Waals surface area contributed by atoms with Crippen molar-refractivity contribution in [3.63, 3.8) is 0 Å². The van der Waals surface area contributed by atoms with Crippen LogP contribution in [-0.2, 0) is 19.1 Å². The molecule has 0 spiro atoms. The van der Waals surface area contributed by atoms with Crippen molar-refractivity contribution >= 4 is 29.5 Å². The molecule has 0 fully saturated rings. The third-order valence-electron chi connectivity index (χ3n) is 4.71. The minimum atomic E-state index is -3.00. The van der Waals surface area contributed by atoms with E-state index in [4.69, 9.17) is 9.47 Å². The molecule has 182 valence electrons. The van der Waals surface area contributed by atoms with E-state index in [2.05, 4.69) is 10.1 Å². The molecule has 2 amide bonds. The zero-order valence-electron chi connectivity index (χ0n) is 19.3. The van der Waals surface area contributed by atoms with Crippen LogP contribution in [0, 0.1) is 13.8 Å². The number of aryl methyl sites for hydroxylation is 2. The number of anilines is 1. The maximum absolute atomic E-state index is 12.4. The van der Waals surface area contributed by atoms with Crippen molar-refractivity contribution in [1.29, 1.82) is 0 Å². The summed E-state index contributed by atoms with van der Waals surface area (Å²) >= 11 is 0. The van der Waals surface area contributed by atoms with E-state index in [1.165, 1.54) is 38.4 Å². The van der Waals surface area contributed by atoms with E-state index in [9.17, 15) is 23.2 Å². The third-order valence-corrected chi connectivity index (χ3v) is 4.71. The fourth-order valence-corrected chi connectivity index (χ4v) is 2.93. The van der Waals surface area contributed by atoms with Gasteiger partial charge in [-0.2, -0.15) is 8.78 Å². The summed E-state index contributed by atoms with van der Waals surface area (Å²) < 4.78 is 39.0. The minimum Gasteiger partial charge on any atom is -0.493 e. The van der Waals surface area contributed by atoms with Crippen LogP contribution in [0.15, 0.2) is 42.5 Å². The van der Waals surface area contributed by atoms with Gasteiger partial charge in [0.2, 0.25) is 5.91 Å². The van der Waals surface area contributed by atoms with Gasteiger partial charge in [0.1, 0.15) is 0 Å². The second-order valence-electron chi connectivity index (χ2n) is 7.29. The molecule has 8 nitrogen and oxygen atoms in total. The fourth-order valence-electron chi connectivity index (χ4n) is 2.93. The SMILES string of the molecule is COc1cc(/C=C/C(=O)OCC(=O)N(C)CC(=O)Nc2c(C)cccc2C)ccc1OC(F)F. The Morgan fingerprint density at radius 2 is 1.76 bits per heavy atom. The van der Waals surface area contributed by atoms with E-state index < -0.39 is 25.1 Å². The lowest BCUT2D eigenvalue weighted by Gasteiger charge is -2.18. The molecule has 10 heteroatoms. The van der Waals surface area contributed by atoms with E-state index in [1.54, 1.807) is 0 Å². The van der Waals surface area contributed by atoms with Crippen molar-refractivity contribution in [2.24, 2.45) is 0 Å². The van der Waals surface area contributed by atoms with E-state index in [0.29, 0.717) is 11.3 Å². The molecule has 0 atom stereocenters. The molecular formula is C24H26F2N2O6. The Morgan fingerprint density at radius 1 is 1.09 bits per heavy atom. The number of likely N-dealkylation sites (N-methyl/N-ethyl adjacent to an activating group) is 1. The average Bonchev–Trinajstić information content (AvgIpc) is 2.78. The number of hydrogen-bond donors (Lipinski definition) is 1. The van der Waals surface area contributed by atoms with Crippen LogP contribution in [0.1, 0.15) is 16.7 Å². The van der Waals surface area contributed by atoms with Gasteiger partial charge >= 0.3 is 12.6 Å². The number of amides is 2. The van der Waals surface area contributed by atoms with Crippen LogP contribution in [0.2, 0.25) is 0 Å². The van der Waals surface area contributed by atoms with Crippen LogP contribution in [0.5, 0.6) is 11.5 Å². The Morgan fingerprint density at radius 3 is 2.38 bits per heavy atom. The van der Waals surface area contributed by atoms with Crippen molar-refractivity contribution in [3.8, 4) is 11.5 Å². The number of ether oxygens (including phenoxy) is 3. The van der Waals surface area contributed by atoms with Gasteiger partial charge < -0.3 is 24.4 Å². The van der Waals surface area contributed by atoms with E-state index >= 15 is 0 Å². The molecule has 0 aliphatic carbocycles. The summed E-state index contributed by atoms with van der Waals surface area (Å²) in [4.78, 5) is 37.6. The van der Waals surface area contributed by atoms with Crippen LogP contribution in [-0.4, -0.2) is 56.6 Å². The van der Waals surface area contributed by atoms with Crippen LogP contribution in [0.25, 0.3) is 6.08 Å². The van der Waals surface area contributed by atoms with Crippen LogP contribution < -0.4 is 14.8 Å². The predicted octanol–water partition coefficient (Wildman–Crippen LogP) is 3.57. The quantitative estimate of drug-likeness (QED) is 0.416. The molecule has 2 aromatic rings. The van der Waals surface area contributed by atoms with Crippen LogP contribution in [0.3, 0.4) is 0 Å². The molecule has 0 bridgehead atoms. The molecular weight excluding hydrogens is 450 g/mol. The molecule has 34 heavy (non-hydrogen) atoms. The Balaban J connectivity index is 1.85. The molecule has 2 aromatic carbocycles. The maximum atomic E-state index is 12.4. The Labute approximate surface area is 196 Å². The molecule has 0 aliphatic rings. The van der Waals surface area contributed by atoms with Gasteiger partial charge in [0, 0.05) is 18.8 Å². The van der Waals surface area contributed by atoms with Crippen molar-refractivity contribution in [3.05, 3.63) is 59.2 Å². The number of nitrogens with one attached hydrogen (secondary N) is 1. The average molecular weight is 476 g/mol. The first-order chi connectivity index (χ1) is 16.1. The van der Waals surface area contributed by atoms with Gasteiger partial charge in [-0.1, -0.05) is 24.3 Å². The highest BCUT2D eigenvalue weighted by Gasteiger charge is 2.16. The van der Waals surface area contributed by atoms with Crippen molar-refractivity contribution < 1.29 is 37.4 Å². The Bertz CT molecular complexity index is 1050. The summed E-state index contributed by atoms with van der Waals surface area (Å²) in [5.41, 5.74) is 2.95. The lowest BCUT2D eigenvalue weighted by atomic mass is 10.1. The first-order valence-corrected chi connectivity index (χ1v) is 10.2. The number of carbonyl (C=O) groups is 3. The van der Waals surface area contributed by atoms with Gasteiger partial charge in [-0.25, -0.2) is 4.79 Å². The molecule has 0 heterocycles. The number of rotatable bonds is 10. The smallest absolute Gasteiger partial charge is 0.387 e. The predicted molar refractivity (Wildman–Crippen MR) is 122 cm³/mol. The summed E-state index contributed by atoms with van der Waals surface area (Å²) in [6.45, 7) is -0.0372. The van der Waals surface area contributed by atoms with Gasteiger partial charge in [0.15, 0.2) is 18.1 Å². The summed E-state index contributed by atoms with van der Waals surface area (Å²) in [7, 11) is 2.71. The topological polar surface area (TPSA) is 94.2 Å². The van der Waals surface area contributed by atoms with Crippen LogP contribution in [0.4, 0.5) is 14.5 Å². The monoisotopic (exact) mass is 476 g/mol. The number of methoxy groups -OCH3 is 1. The third kappa shape index (κ3) is 7.88. The highest BCUT2D eigenvalue weighted by Crippen LogP contribution is 2.29. The van der Waals surface area contributed by atoms with E-state index in [-0.39, 0.29) is 24.0 Å². The lowest BCUT2D eigenvalue weighted by molar-refractivity contribution is -0.148. The normalized spacial score (nSPS) is 10.8. The minimum absolute atomic E-state index is 0.0618. The van der Waals surface area contributed by atoms with E-state index in [1.807, 2.05) is 32.0 Å². The number of esters is 1. The summed E-state index contributed by atoms with van der Waals surface area (Å²) in [6.07, 6.45) is 2.44. The number of para-hydroxylation sites is 1. The van der Waals surface area contributed by atoms with Gasteiger partial charge in [-0.15, -0.1) is 0 Å². The standard InChI is InChI=1S/C24H26F2N2O6/c1-15-6-5-7-16(2)23(15)27-20(29)13-28(3)21(30)14-33-22(31)11-9-17-8-10-18(34-24(25)26)19(12-17)32-4/h5-12,24H,13-14H2,1-4H3,(H,27,29)/b11-9+. The first-order valence-electron chi connectivity index (χ1n) is 10.2. The zero-order valence-corrected chi connectivity index (χ0v) is 19.3. The van der Waals surface area contributed by atoms with Crippen molar-refractivity contribution in [1.82, 2.24) is 4.90 Å². The molecule has 1 N–H and O–H groups in total. The number of halogens is 2. The van der Waals surface area contributed by atoms with Crippen LogP contribution >= 0.6 is 0 Å². The van der Waals surface area contributed by atoms with Gasteiger partial charge in [0.05, 0.1) is 13.7 Å². The molecule has 0 aliphatic heterocycles. The zero-order chi connectivity index (χ0) is 25.3. The van der Waals surface area contributed by atoms with Gasteiger partial charge in [-0.3, -0.25) is 9.59 Å². The Kier molecular flexibility index (Phi) is 9.54. The summed E-state index contributed by atoms with van der Waals surface area (Å²) in [6, 6.07) is 9.73. The molecule has 0 unspecified atom stereocenters. The molecule has 0 saturated heterocycles.